The van der Waals surface area contributed by atoms with Gasteiger partial charge < -0.3 is 14.9 Å². The van der Waals surface area contributed by atoms with Gasteiger partial charge in [-0.05, 0) is 105 Å². The second-order valence-electron chi connectivity index (χ2n) is 18.3. The molecule has 0 aliphatic heterocycles. The Morgan fingerprint density at radius 2 is 0.565 bits per heavy atom. The normalized spacial score (nSPS) is 12.5. The summed E-state index contributed by atoms with van der Waals surface area (Å²) in [7, 11) is 0. The average Bonchev–Trinajstić information content (AvgIpc) is 3.99. The summed E-state index contributed by atoms with van der Waals surface area (Å²) in [6.07, 6.45) is 7.28. The standard InChI is InChI=1S/2C29H29.2CH3.Si.Zr/c2*1-17-9-18(2)12-22(11-17)28-24-7-6-8-25(24)29(27-16-21(5)15-26(27)28)23-13-19(3)10-20(4)14-23;;;;/h2*9-16H,6-8H2,1-5H3;2*1H3;;/q4*-1;;. The van der Waals surface area contributed by atoms with Crippen molar-refractivity contribution in [2.45, 2.75) is 108 Å². The fraction of sp³-hybridized carbons (Fsp3) is 0.267. The first-order valence-electron chi connectivity index (χ1n) is 21.9. The molecule has 8 aromatic rings. The molecule has 2 radical (unpaired) electrons. The van der Waals surface area contributed by atoms with Gasteiger partial charge in [-0.25, -0.2) is 0 Å². The van der Waals surface area contributed by atoms with E-state index in [1.165, 1.54) is 184 Å². The van der Waals surface area contributed by atoms with Crippen LogP contribution in [0.5, 0.6) is 0 Å². The monoisotopic (exact) mass is 902 g/mol. The summed E-state index contributed by atoms with van der Waals surface area (Å²) in [5.41, 5.74) is 31.4. The molecule has 0 amide bonds. The molecule has 2 aliphatic carbocycles. The van der Waals surface area contributed by atoms with Gasteiger partial charge in [0, 0.05) is 0 Å². The third kappa shape index (κ3) is 9.03. The summed E-state index contributed by atoms with van der Waals surface area (Å²) in [5.74, 6) is 0. The van der Waals surface area contributed by atoms with Crippen LogP contribution < -0.4 is 0 Å². The quantitative estimate of drug-likeness (QED) is 0.122. The molecule has 0 spiro atoms. The van der Waals surface area contributed by atoms with Crippen LogP contribution in [0.15, 0.2) is 97.1 Å². The van der Waals surface area contributed by atoms with E-state index in [1.54, 1.807) is 22.3 Å². The van der Waals surface area contributed by atoms with E-state index >= 15 is 0 Å². The van der Waals surface area contributed by atoms with Crippen molar-refractivity contribution in [2.75, 3.05) is 0 Å². The summed E-state index contributed by atoms with van der Waals surface area (Å²) in [6.45, 7) is 25.3. The van der Waals surface area contributed by atoms with Gasteiger partial charge in [0.2, 0.25) is 0 Å². The third-order valence-electron chi connectivity index (χ3n) is 12.8. The molecule has 0 aromatic heterocycles. The number of aryl methyl sites for hydroxylation is 10. The number of fused-ring (bicyclic) bond motifs is 4. The topological polar surface area (TPSA) is 0 Å². The average molecular weight is 904 g/mol. The van der Waals surface area contributed by atoms with Crippen molar-refractivity contribution < 1.29 is 23.3 Å². The first-order chi connectivity index (χ1) is 28.8. The maximum atomic E-state index is 3.06. The van der Waals surface area contributed by atoms with Crippen LogP contribution >= 0.6 is 0 Å². The zero-order chi connectivity index (χ0) is 42.6. The second-order valence-corrected chi connectivity index (χ2v) is 18.3. The van der Waals surface area contributed by atoms with Crippen molar-refractivity contribution in [3.05, 3.63) is 190 Å². The van der Waals surface area contributed by atoms with E-state index in [0.29, 0.717) is 0 Å². The van der Waals surface area contributed by atoms with Gasteiger partial charge in [0.15, 0.2) is 0 Å². The van der Waals surface area contributed by atoms with Crippen LogP contribution in [0.25, 0.3) is 66.1 Å². The number of hydrogen-bond acceptors (Lipinski definition) is 0. The molecule has 0 saturated carbocycles. The van der Waals surface area contributed by atoms with Gasteiger partial charge in [0.1, 0.15) is 0 Å². The molecule has 0 unspecified atom stereocenters. The first kappa shape index (κ1) is 47.1. The van der Waals surface area contributed by atoms with E-state index in [0.717, 1.165) is 0 Å². The Kier molecular flexibility index (Phi) is 14.6. The Bertz CT molecular complexity index is 2490. The van der Waals surface area contributed by atoms with Gasteiger partial charge in [-0.3, -0.25) is 0 Å². The Morgan fingerprint density at radius 1 is 0.339 bits per heavy atom. The molecule has 2 aliphatic rings. The summed E-state index contributed by atoms with van der Waals surface area (Å²) in [4.78, 5) is 0. The molecular weight excluding hydrogens is 840 g/mol. The second kappa shape index (κ2) is 19.2. The van der Waals surface area contributed by atoms with E-state index in [-0.39, 0.29) is 14.9 Å². The van der Waals surface area contributed by atoms with Crippen LogP contribution in [0.2, 0.25) is 0 Å². The summed E-state index contributed by atoms with van der Waals surface area (Å²) >= 11 is 1.36. The molecule has 316 valence electrons. The van der Waals surface area contributed by atoms with E-state index in [4.69, 9.17) is 0 Å². The summed E-state index contributed by atoms with van der Waals surface area (Å²) in [5, 5.41) is 5.73. The van der Waals surface area contributed by atoms with Crippen molar-refractivity contribution in [2.24, 2.45) is 0 Å². The Hall–Kier alpha value is -4.36. The van der Waals surface area contributed by atoms with Crippen LogP contribution in [0.4, 0.5) is 0 Å². The maximum absolute atomic E-state index is 3.06. The van der Waals surface area contributed by atoms with Crippen molar-refractivity contribution in [3.63, 3.8) is 0 Å². The van der Waals surface area contributed by atoms with Crippen LogP contribution in [0, 0.1) is 84.1 Å². The zero-order valence-electron chi connectivity index (χ0n) is 39.5. The van der Waals surface area contributed by atoms with Crippen LogP contribution in [-0.4, -0.2) is 6.88 Å². The van der Waals surface area contributed by atoms with E-state index in [9.17, 15) is 0 Å². The Balaban J connectivity index is 0.000000193. The zero-order valence-corrected chi connectivity index (χ0v) is 42.9. The molecule has 0 N–H and O–H groups in total. The van der Waals surface area contributed by atoms with Gasteiger partial charge in [0.05, 0.1) is 0 Å². The number of rotatable bonds is 4. The van der Waals surface area contributed by atoms with Crippen LogP contribution in [0.1, 0.15) is 90.7 Å². The van der Waals surface area contributed by atoms with Crippen molar-refractivity contribution >= 4 is 28.4 Å². The van der Waals surface area contributed by atoms with E-state index < -0.39 is 0 Å². The SMILES string of the molecule is Cc1cc(C)cc(-c2c3c(c(-c4cc(C)cc(C)c4)c4[cH-]c(C)cc24)CCC3)c1.Cc1cc(C)cc(-c2c3c(c(-c4cc(C)cc(C)c4)c4[cH-]c(C)cc24)CCC3)c1.[CH3-].[CH3-].[Si]=[Zr]. The molecule has 2 heteroatoms. The van der Waals surface area contributed by atoms with Gasteiger partial charge in [-0.15, -0.1) is 44.8 Å². The van der Waals surface area contributed by atoms with E-state index in [2.05, 4.69) is 173 Å². The molecule has 0 fully saturated rings. The first-order valence-corrected chi connectivity index (χ1v) is 26.1. The van der Waals surface area contributed by atoms with Crippen molar-refractivity contribution in [1.29, 1.82) is 0 Å². The number of benzene rings is 6. The number of hydrogen-bond donors (Lipinski definition) is 0. The van der Waals surface area contributed by atoms with Gasteiger partial charge >= 0.3 is 30.2 Å². The van der Waals surface area contributed by atoms with Crippen molar-refractivity contribution in [1.82, 2.24) is 0 Å². The van der Waals surface area contributed by atoms with Crippen molar-refractivity contribution in [3.8, 4) is 44.5 Å². The molecule has 0 heterocycles. The molecule has 8 aromatic carbocycles. The molecule has 10 rings (SSSR count). The molecule has 0 saturated heterocycles. The minimum absolute atomic E-state index is 0. The molecular formula is C60H64SiZr-4. The van der Waals surface area contributed by atoms with Crippen LogP contribution in [0.3, 0.4) is 0 Å². The predicted octanol–water partition coefficient (Wildman–Crippen LogP) is 16.4. The summed E-state index contributed by atoms with van der Waals surface area (Å²) in [6, 6.07) is 37.7. The minimum atomic E-state index is 0. The fourth-order valence-corrected chi connectivity index (χ4v) is 11.2. The molecule has 62 heavy (non-hydrogen) atoms. The predicted molar refractivity (Wildman–Crippen MR) is 271 cm³/mol. The molecule has 0 atom stereocenters. The van der Waals surface area contributed by atoms with Gasteiger partial charge in [-0.1, -0.05) is 187 Å². The Labute approximate surface area is 391 Å². The third-order valence-corrected chi connectivity index (χ3v) is 12.8. The van der Waals surface area contributed by atoms with Gasteiger partial charge in [-0.2, -0.15) is 12.1 Å². The molecule has 0 nitrogen and oxygen atoms in total. The van der Waals surface area contributed by atoms with Crippen LogP contribution in [-0.2, 0) is 49.0 Å². The van der Waals surface area contributed by atoms with Gasteiger partial charge in [0.25, 0.3) is 0 Å². The Morgan fingerprint density at radius 3 is 0.823 bits per heavy atom. The van der Waals surface area contributed by atoms with E-state index in [1.807, 2.05) is 0 Å². The summed E-state index contributed by atoms with van der Waals surface area (Å²) < 4.78 is 0. The molecule has 0 bridgehead atoms. The fourth-order valence-electron chi connectivity index (χ4n) is 11.2.